The Morgan fingerprint density at radius 3 is 2.48 bits per heavy atom. The van der Waals surface area contributed by atoms with Crippen LogP contribution in [0.1, 0.15) is 44.3 Å². The van der Waals surface area contributed by atoms with Crippen LogP contribution < -0.4 is 9.64 Å². The van der Waals surface area contributed by atoms with Gasteiger partial charge in [0.15, 0.2) is 5.82 Å². The van der Waals surface area contributed by atoms with Gasteiger partial charge in [-0.15, -0.1) is 0 Å². The number of anilines is 1. The predicted octanol–water partition coefficient (Wildman–Crippen LogP) is 2.87. The maximum atomic E-state index is 12.5. The average Bonchev–Trinajstić information content (AvgIpc) is 3.17. The minimum Gasteiger partial charge on any atom is -0.497 e. The Balaban J connectivity index is 1.41. The van der Waals surface area contributed by atoms with Crippen molar-refractivity contribution in [3.05, 3.63) is 36.0 Å². The van der Waals surface area contributed by atoms with E-state index in [0.717, 1.165) is 44.2 Å². The third-order valence-electron chi connectivity index (χ3n) is 4.85. The van der Waals surface area contributed by atoms with Gasteiger partial charge < -0.3 is 19.1 Å². The van der Waals surface area contributed by atoms with Crippen molar-refractivity contribution < 1.29 is 14.1 Å². The average molecular weight is 372 g/mol. The Kier molecular flexibility index (Phi) is 6.32. The molecule has 146 valence electrons. The van der Waals surface area contributed by atoms with Crippen LogP contribution in [0.4, 0.5) is 5.69 Å². The van der Waals surface area contributed by atoms with E-state index < -0.39 is 0 Å². The highest BCUT2D eigenvalue weighted by molar-refractivity contribution is 5.76. The highest BCUT2D eigenvalue weighted by atomic mass is 16.5. The molecule has 1 aliphatic heterocycles. The van der Waals surface area contributed by atoms with Crippen molar-refractivity contribution in [2.45, 2.75) is 39.0 Å². The summed E-state index contributed by atoms with van der Waals surface area (Å²) in [6.45, 7) is 7.26. The van der Waals surface area contributed by atoms with E-state index in [4.69, 9.17) is 9.26 Å². The molecule has 0 aliphatic carbocycles. The van der Waals surface area contributed by atoms with Crippen LogP contribution in [-0.2, 0) is 11.2 Å². The zero-order valence-electron chi connectivity index (χ0n) is 16.4. The summed E-state index contributed by atoms with van der Waals surface area (Å²) in [6, 6.07) is 8.06. The predicted molar refractivity (Wildman–Crippen MR) is 103 cm³/mol. The molecule has 1 amide bonds. The summed E-state index contributed by atoms with van der Waals surface area (Å²) in [4.78, 5) is 21.1. The monoisotopic (exact) mass is 372 g/mol. The van der Waals surface area contributed by atoms with Gasteiger partial charge in [-0.25, -0.2) is 0 Å². The number of benzene rings is 1. The van der Waals surface area contributed by atoms with E-state index >= 15 is 0 Å². The number of nitrogens with zero attached hydrogens (tertiary/aromatic N) is 4. The molecule has 0 bridgehead atoms. The molecule has 1 saturated heterocycles. The van der Waals surface area contributed by atoms with Crippen molar-refractivity contribution in [1.29, 1.82) is 0 Å². The number of aromatic nitrogens is 2. The van der Waals surface area contributed by atoms with E-state index in [2.05, 4.69) is 27.2 Å². The molecular formula is C20H28N4O3. The Hall–Kier alpha value is -2.57. The lowest BCUT2D eigenvalue weighted by atomic mass is 10.2. The van der Waals surface area contributed by atoms with E-state index in [0.29, 0.717) is 18.7 Å². The Morgan fingerprint density at radius 2 is 1.89 bits per heavy atom. The van der Waals surface area contributed by atoms with Crippen molar-refractivity contribution in [3.8, 4) is 5.75 Å². The smallest absolute Gasteiger partial charge is 0.226 e. The molecule has 0 saturated carbocycles. The van der Waals surface area contributed by atoms with Crippen molar-refractivity contribution in [2.75, 3.05) is 38.2 Å². The second-order valence-electron chi connectivity index (χ2n) is 7.12. The number of piperazine rings is 1. The van der Waals surface area contributed by atoms with E-state index in [-0.39, 0.29) is 11.8 Å². The molecule has 1 aliphatic rings. The number of hydrogen-bond acceptors (Lipinski definition) is 6. The summed E-state index contributed by atoms with van der Waals surface area (Å²) in [5.74, 6) is 2.66. The van der Waals surface area contributed by atoms with Gasteiger partial charge in [0.05, 0.1) is 7.11 Å². The fraction of sp³-hybridized carbons (Fsp3) is 0.550. The zero-order valence-corrected chi connectivity index (χ0v) is 16.4. The summed E-state index contributed by atoms with van der Waals surface area (Å²) in [7, 11) is 1.67. The summed E-state index contributed by atoms with van der Waals surface area (Å²) in [5.41, 5.74) is 1.17. The van der Waals surface area contributed by atoms with Crippen molar-refractivity contribution in [3.63, 3.8) is 0 Å². The van der Waals surface area contributed by atoms with Crippen molar-refractivity contribution in [1.82, 2.24) is 15.0 Å². The number of amides is 1. The lowest BCUT2D eigenvalue weighted by Gasteiger charge is -2.36. The number of methoxy groups -OCH3 is 1. The van der Waals surface area contributed by atoms with Gasteiger partial charge in [0, 0.05) is 50.6 Å². The van der Waals surface area contributed by atoms with Gasteiger partial charge in [-0.3, -0.25) is 4.79 Å². The van der Waals surface area contributed by atoms with Crippen LogP contribution in [0.5, 0.6) is 5.75 Å². The van der Waals surface area contributed by atoms with Gasteiger partial charge in [0.1, 0.15) is 5.75 Å². The molecule has 1 aromatic carbocycles. The Bertz CT molecular complexity index is 734. The Labute approximate surface area is 160 Å². The highest BCUT2D eigenvalue weighted by Crippen LogP contribution is 2.21. The number of carbonyl (C=O) groups excluding carboxylic acids is 1. The van der Waals surface area contributed by atoms with Gasteiger partial charge >= 0.3 is 0 Å². The molecule has 0 radical (unpaired) electrons. The molecule has 3 rings (SSSR count). The first-order valence-electron chi connectivity index (χ1n) is 9.56. The van der Waals surface area contributed by atoms with E-state index in [9.17, 15) is 4.79 Å². The number of rotatable bonds is 7. The van der Waals surface area contributed by atoms with E-state index in [1.807, 2.05) is 30.9 Å². The minimum atomic E-state index is 0.202. The van der Waals surface area contributed by atoms with Gasteiger partial charge in [-0.2, -0.15) is 4.98 Å². The zero-order chi connectivity index (χ0) is 19.2. The van der Waals surface area contributed by atoms with Crippen LogP contribution in [0.15, 0.2) is 28.8 Å². The fourth-order valence-corrected chi connectivity index (χ4v) is 3.16. The minimum absolute atomic E-state index is 0.202. The molecule has 7 heteroatoms. The molecule has 0 N–H and O–H groups in total. The van der Waals surface area contributed by atoms with Crippen LogP contribution in [-0.4, -0.2) is 54.2 Å². The van der Waals surface area contributed by atoms with Crippen LogP contribution >= 0.6 is 0 Å². The fourth-order valence-electron chi connectivity index (χ4n) is 3.16. The normalized spacial score (nSPS) is 14.7. The molecule has 2 heterocycles. The highest BCUT2D eigenvalue weighted by Gasteiger charge is 2.21. The van der Waals surface area contributed by atoms with E-state index in [1.165, 1.54) is 5.69 Å². The van der Waals surface area contributed by atoms with Gasteiger partial charge in [-0.05, 0) is 30.7 Å². The van der Waals surface area contributed by atoms with Crippen LogP contribution in [0.2, 0.25) is 0 Å². The summed E-state index contributed by atoms with van der Waals surface area (Å²) in [5, 5.41) is 3.96. The summed E-state index contributed by atoms with van der Waals surface area (Å²) in [6.07, 6.45) is 1.90. The summed E-state index contributed by atoms with van der Waals surface area (Å²) >= 11 is 0. The van der Waals surface area contributed by atoms with Gasteiger partial charge in [-0.1, -0.05) is 19.0 Å². The number of ether oxygens (including phenoxy) is 1. The molecule has 2 aromatic rings. The lowest BCUT2D eigenvalue weighted by molar-refractivity contribution is -0.131. The first kappa shape index (κ1) is 19.2. The third-order valence-corrected chi connectivity index (χ3v) is 4.85. The first-order valence-corrected chi connectivity index (χ1v) is 9.56. The molecular weight excluding hydrogens is 344 g/mol. The number of aryl methyl sites for hydroxylation is 1. The molecule has 0 spiro atoms. The quantitative estimate of drug-likeness (QED) is 0.744. The second kappa shape index (κ2) is 8.88. The molecule has 1 aromatic heterocycles. The largest absolute Gasteiger partial charge is 0.497 e. The van der Waals surface area contributed by atoms with Crippen LogP contribution in [0, 0.1) is 0 Å². The molecule has 7 nitrogen and oxygen atoms in total. The molecule has 0 atom stereocenters. The maximum Gasteiger partial charge on any atom is 0.226 e. The first-order chi connectivity index (χ1) is 13.1. The maximum absolute atomic E-state index is 12.5. The third kappa shape index (κ3) is 4.99. The van der Waals surface area contributed by atoms with Crippen LogP contribution in [0.3, 0.4) is 0 Å². The standard InChI is InChI=1S/C20H28N4O3/c1-15(2)20-21-18(27-22-20)5-4-6-19(25)24-13-11-23(12-14-24)16-7-9-17(26-3)10-8-16/h7-10,15H,4-6,11-14H2,1-3H3. The molecule has 1 fully saturated rings. The summed E-state index contributed by atoms with van der Waals surface area (Å²) < 4.78 is 10.4. The van der Waals surface area contributed by atoms with Crippen LogP contribution in [0.25, 0.3) is 0 Å². The molecule has 0 unspecified atom stereocenters. The van der Waals surface area contributed by atoms with Gasteiger partial charge in [0.25, 0.3) is 0 Å². The van der Waals surface area contributed by atoms with Crippen molar-refractivity contribution in [2.24, 2.45) is 0 Å². The number of hydrogen-bond donors (Lipinski definition) is 0. The topological polar surface area (TPSA) is 71.7 Å². The number of carbonyl (C=O) groups is 1. The van der Waals surface area contributed by atoms with Gasteiger partial charge in [0.2, 0.25) is 11.8 Å². The van der Waals surface area contributed by atoms with Crippen molar-refractivity contribution >= 4 is 11.6 Å². The lowest BCUT2D eigenvalue weighted by Crippen LogP contribution is -2.48. The van der Waals surface area contributed by atoms with E-state index in [1.54, 1.807) is 7.11 Å². The second-order valence-corrected chi connectivity index (χ2v) is 7.12. The SMILES string of the molecule is COc1ccc(N2CCN(C(=O)CCCc3nc(C(C)C)no3)CC2)cc1. The Morgan fingerprint density at radius 1 is 1.19 bits per heavy atom. The molecule has 27 heavy (non-hydrogen) atoms.